The molecule has 0 fully saturated rings. The van der Waals surface area contributed by atoms with Crippen molar-refractivity contribution in [1.29, 1.82) is 0 Å². The third kappa shape index (κ3) is 3.65. The second kappa shape index (κ2) is 6.08. The molecule has 118 valence electrons. The highest BCUT2D eigenvalue weighted by atomic mass is 32.1. The van der Waals surface area contributed by atoms with E-state index in [2.05, 4.69) is 4.99 Å². The van der Waals surface area contributed by atoms with Gasteiger partial charge in [0.05, 0.1) is 5.56 Å². The zero-order valence-corrected chi connectivity index (χ0v) is 13.1. The number of benzene rings is 1. The van der Waals surface area contributed by atoms with E-state index in [0.717, 1.165) is 17.0 Å². The summed E-state index contributed by atoms with van der Waals surface area (Å²) >= 11 is 1.26. The first-order chi connectivity index (χ1) is 10.2. The molecule has 1 aromatic carbocycles. The number of aromatic nitrogens is 1. The number of nitrogens with zero attached hydrogens (tertiary/aromatic N) is 2. The Bertz CT molecular complexity index is 757. The molecule has 0 saturated carbocycles. The number of carbonyl (C=O) groups is 1. The largest absolute Gasteiger partial charge is 0.416 e. The van der Waals surface area contributed by atoms with Crippen LogP contribution < -0.4 is 4.80 Å². The summed E-state index contributed by atoms with van der Waals surface area (Å²) in [6.45, 7) is 5.26. The molecule has 2 aromatic rings. The van der Waals surface area contributed by atoms with Crippen molar-refractivity contribution in [2.45, 2.75) is 26.9 Å². The van der Waals surface area contributed by atoms with Crippen LogP contribution in [0.15, 0.2) is 35.5 Å². The number of thiazole rings is 1. The molecule has 0 aliphatic heterocycles. The number of rotatable bonds is 2. The van der Waals surface area contributed by atoms with Crippen LogP contribution in [-0.4, -0.2) is 10.5 Å². The third-order valence-corrected chi connectivity index (χ3v) is 3.82. The summed E-state index contributed by atoms with van der Waals surface area (Å²) in [5.41, 5.74) is -0.406. The molecule has 0 unspecified atom stereocenters. The highest BCUT2D eigenvalue weighted by Gasteiger charge is 2.30. The Hall–Kier alpha value is -1.89. The highest BCUT2D eigenvalue weighted by Crippen LogP contribution is 2.30. The first-order valence-corrected chi connectivity index (χ1v) is 7.45. The second-order valence-corrected chi connectivity index (χ2v) is 6.36. The Labute approximate surface area is 129 Å². The lowest BCUT2D eigenvalue weighted by Gasteiger charge is -2.09. The molecular formula is C15H15F3N2OS. The lowest BCUT2D eigenvalue weighted by molar-refractivity contribution is -0.137. The number of halogens is 3. The summed E-state index contributed by atoms with van der Waals surface area (Å²) in [7, 11) is 0. The molecule has 1 aromatic heterocycles. The van der Waals surface area contributed by atoms with E-state index in [1.54, 1.807) is 26.1 Å². The molecule has 0 atom stereocenters. The number of carbonyl (C=O) groups excluding carboxylic acids is 1. The van der Waals surface area contributed by atoms with Gasteiger partial charge >= 0.3 is 6.18 Å². The topological polar surface area (TPSA) is 34.4 Å². The van der Waals surface area contributed by atoms with Gasteiger partial charge in [-0.2, -0.15) is 18.2 Å². The molecule has 7 heteroatoms. The van der Waals surface area contributed by atoms with Gasteiger partial charge in [0.2, 0.25) is 0 Å². The Balaban J connectivity index is 2.57. The molecule has 3 nitrogen and oxygen atoms in total. The average Bonchev–Trinajstić information content (AvgIpc) is 2.78. The standard InChI is InChI=1S/C15H15F3N2OS/c1-9(2)13(21)19-14-20(8-10(3)22-14)12-6-4-5-11(7-12)15(16,17)18/h4-9H,1-3H3. The van der Waals surface area contributed by atoms with Gasteiger partial charge in [-0.15, -0.1) is 11.3 Å². The molecular weight excluding hydrogens is 313 g/mol. The lowest BCUT2D eigenvalue weighted by Crippen LogP contribution is -2.17. The predicted octanol–water partition coefficient (Wildman–Crippen LogP) is 3.95. The first-order valence-electron chi connectivity index (χ1n) is 6.64. The van der Waals surface area contributed by atoms with Crippen LogP contribution in [0.25, 0.3) is 5.69 Å². The smallest absolute Gasteiger partial charge is 0.292 e. The summed E-state index contributed by atoms with van der Waals surface area (Å²) in [5.74, 6) is -0.569. The van der Waals surface area contributed by atoms with E-state index in [1.807, 2.05) is 6.92 Å². The first kappa shape index (κ1) is 16.5. The van der Waals surface area contributed by atoms with Gasteiger partial charge < -0.3 is 0 Å². The van der Waals surface area contributed by atoms with Crippen molar-refractivity contribution in [3.8, 4) is 5.69 Å². The fourth-order valence-electron chi connectivity index (χ4n) is 1.77. The van der Waals surface area contributed by atoms with Gasteiger partial charge in [-0.3, -0.25) is 9.36 Å². The van der Waals surface area contributed by atoms with E-state index < -0.39 is 11.7 Å². The van der Waals surface area contributed by atoms with Gasteiger partial charge in [-0.25, -0.2) is 0 Å². The molecule has 2 rings (SSSR count). The van der Waals surface area contributed by atoms with E-state index in [-0.39, 0.29) is 11.8 Å². The second-order valence-electron chi connectivity index (χ2n) is 5.15. The van der Waals surface area contributed by atoms with E-state index >= 15 is 0 Å². The van der Waals surface area contributed by atoms with Gasteiger partial charge in [-0.1, -0.05) is 19.9 Å². The summed E-state index contributed by atoms with van der Waals surface area (Å²) in [6.07, 6.45) is -2.74. The van der Waals surface area contributed by atoms with Crippen molar-refractivity contribution in [3.63, 3.8) is 0 Å². The summed E-state index contributed by atoms with van der Waals surface area (Å²) in [4.78, 5) is 17.0. The SMILES string of the molecule is Cc1cn(-c2cccc(C(F)(F)F)c2)c(=NC(=O)C(C)C)s1. The molecule has 0 spiro atoms. The van der Waals surface area contributed by atoms with Gasteiger partial charge in [-0.05, 0) is 25.1 Å². The summed E-state index contributed by atoms with van der Waals surface area (Å²) < 4.78 is 40.0. The van der Waals surface area contributed by atoms with Crippen LogP contribution in [0.5, 0.6) is 0 Å². The number of hydrogen-bond donors (Lipinski definition) is 0. The van der Waals surface area contributed by atoms with E-state index in [4.69, 9.17) is 0 Å². The van der Waals surface area contributed by atoms with Crippen molar-refractivity contribution < 1.29 is 18.0 Å². The predicted molar refractivity (Wildman–Crippen MR) is 78.8 cm³/mol. The van der Waals surface area contributed by atoms with Crippen molar-refractivity contribution in [1.82, 2.24) is 4.57 Å². The Morgan fingerprint density at radius 3 is 2.59 bits per heavy atom. The quantitative estimate of drug-likeness (QED) is 0.822. The monoisotopic (exact) mass is 328 g/mol. The number of hydrogen-bond acceptors (Lipinski definition) is 2. The average molecular weight is 328 g/mol. The molecule has 0 N–H and O–H groups in total. The minimum atomic E-state index is -4.41. The molecule has 22 heavy (non-hydrogen) atoms. The minimum absolute atomic E-state index is 0.266. The van der Waals surface area contributed by atoms with E-state index in [0.29, 0.717) is 10.5 Å². The normalized spacial score (nSPS) is 13.0. The van der Waals surface area contributed by atoms with Crippen molar-refractivity contribution in [3.05, 3.63) is 45.7 Å². The zero-order valence-electron chi connectivity index (χ0n) is 12.3. The summed E-state index contributed by atoms with van der Waals surface area (Å²) in [6, 6.07) is 4.96. The van der Waals surface area contributed by atoms with Crippen LogP contribution >= 0.6 is 11.3 Å². The lowest BCUT2D eigenvalue weighted by atomic mass is 10.2. The molecule has 0 saturated heterocycles. The molecule has 0 aliphatic carbocycles. The molecule has 1 heterocycles. The van der Waals surface area contributed by atoms with E-state index in [1.165, 1.54) is 22.0 Å². The van der Waals surface area contributed by atoms with Crippen LogP contribution in [0.2, 0.25) is 0 Å². The van der Waals surface area contributed by atoms with Gasteiger partial charge in [0, 0.05) is 22.7 Å². The van der Waals surface area contributed by atoms with Gasteiger partial charge in [0.25, 0.3) is 5.91 Å². The molecule has 0 aliphatic rings. The van der Waals surface area contributed by atoms with Crippen molar-refractivity contribution >= 4 is 17.2 Å². The zero-order chi connectivity index (χ0) is 16.5. The maximum absolute atomic E-state index is 12.8. The Kier molecular flexibility index (Phi) is 4.55. The maximum atomic E-state index is 12.8. The van der Waals surface area contributed by atoms with Crippen LogP contribution in [0.1, 0.15) is 24.3 Å². The highest BCUT2D eigenvalue weighted by molar-refractivity contribution is 7.09. The number of aryl methyl sites for hydroxylation is 1. The van der Waals surface area contributed by atoms with Gasteiger partial charge in [0.1, 0.15) is 0 Å². The van der Waals surface area contributed by atoms with Crippen LogP contribution in [-0.2, 0) is 11.0 Å². The van der Waals surface area contributed by atoms with Crippen LogP contribution in [0.3, 0.4) is 0 Å². The van der Waals surface area contributed by atoms with Crippen molar-refractivity contribution in [2.75, 3.05) is 0 Å². The summed E-state index contributed by atoms with van der Waals surface area (Å²) in [5, 5.41) is 0. The van der Waals surface area contributed by atoms with Crippen molar-refractivity contribution in [2.24, 2.45) is 10.9 Å². The third-order valence-electron chi connectivity index (χ3n) is 2.92. The molecule has 0 bridgehead atoms. The van der Waals surface area contributed by atoms with Crippen LogP contribution in [0, 0.1) is 12.8 Å². The Morgan fingerprint density at radius 1 is 1.32 bits per heavy atom. The maximum Gasteiger partial charge on any atom is 0.416 e. The fraction of sp³-hybridized carbons (Fsp3) is 0.333. The van der Waals surface area contributed by atoms with Crippen LogP contribution in [0.4, 0.5) is 13.2 Å². The number of amides is 1. The molecule has 0 radical (unpaired) electrons. The van der Waals surface area contributed by atoms with Gasteiger partial charge in [0.15, 0.2) is 4.80 Å². The van der Waals surface area contributed by atoms with E-state index in [9.17, 15) is 18.0 Å². The minimum Gasteiger partial charge on any atom is -0.292 e. The Morgan fingerprint density at radius 2 is 2.00 bits per heavy atom. The number of alkyl halides is 3. The molecule has 1 amide bonds. The fourth-order valence-corrected chi connectivity index (χ4v) is 2.61.